The maximum absolute atomic E-state index is 12.7. The van der Waals surface area contributed by atoms with Crippen molar-refractivity contribution in [2.75, 3.05) is 13.1 Å². The molecule has 1 aromatic rings. The Morgan fingerprint density at radius 2 is 2.00 bits per heavy atom. The molecule has 132 valence electrons. The highest BCUT2D eigenvalue weighted by Crippen LogP contribution is 2.31. The number of nitrogens with zero attached hydrogens (tertiary/aromatic N) is 1. The van der Waals surface area contributed by atoms with Crippen molar-refractivity contribution in [1.29, 1.82) is 0 Å². The molecule has 1 unspecified atom stereocenters. The second-order valence-corrected chi connectivity index (χ2v) is 8.75. The van der Waals surface area contributed by atoms with Gasteiger partial charge in [0.15, 0.2) is 0 Å². The van der Waals surface area contributed by atoms with Gasteiger partial charge in [-0.2, -0.15) is 4.31 Å². The topological polar surface area (TPSA) is 95.6 Å². The number of aldehydes is 1. The summed E-state index contributed by atoms with van der Waals surface area (Å²) in [7, 11) is -3.55. The van der Waals surface area contributed by atoms with E-state index in [4.69, 9.17) is 0 Å². The highest BCUT2D eigenvalue weighted by atomic mass is 32.2. The summed E-state index contributed by atoms with van der Waals surface area (Å²) < 4.78 is 26.7. The fourth-order valence-corrected chi connectivity index (χ4v) is 4.19. The number of hydrogen-bond acceptors (Lipinski definition) is 4. The van der Waals surface area contributed by atoms with Crippen molar-refractivity contribution in [2.45, 2.75) is 38.3 Å². The molecule has 1 aliphatic rings. The number of sulfonamides is 1. The van der Waals surface area contributed by atoms with Crippen molar-refractivity contribution in [3.05, 3.63) is 29.8 Å². The summed E-state index contributed by atoms with van der Waals surface area (Å²) in [6, 6.07) is 6.00. The molecule has 1 aliphatic heterocycles. The molecule has 1 heterocycles. The lowest BCUT2D eigenvalue weighted by Crippen LogP contribution is -2.53. The van der Waals surface area contributed by atoms with Crippen LogP contribution in [0, 0.1) is 5.41 Å². The maximum Gasteiger partial charge on any atom is 0.315 e. The van der Waals surface area contributed by atoms with Crippen LogP contribution in [0.5, 0.6) is 0 Å². The van der Waals surface area contributed by atoms with E-state index in [0.29, 0.717) is 17.7 Å². The minimum Gasteiger partial charge on any atom is -0.334 e. The first-order valence-electron chi connectivity index (χ1n) is 7.72. The van der Waals surface area contributed by atoms with Gasteiger partial charge in [-0.25, -0.2) is 13.2 Å². The maximum atomic E-state index is 12.7. The first kappa shape index (κ1) is 18.4. The number of benzene rings is 1. The number of urea groups is 1. The Bertz CT molecular complexity index is 725. The Morgan fingerprint density at radius 1 is 1.33 bits per heavy atom. The Balaban J connectivity index is 2.16. The van der Waals surface area contributed by atoms with E-state index >= 15 is 0 Å². The van der Waals surface area contributed by atoms with Crippen LogP contribution >= 0.6 is 0 Å². The van der Waals surface area contributed by atoms with Gasteiger partial charge in [0.25, 0.3) is 0 Å². The number of fused-ring (bicyclic) bond motifs is 1. The lowest BCUT2D eigenvalue weighted by atomic mass is 9.86. The average Bonchev–Trinajstić information content (AvgIpc) is 2.75. The second-order valence-electron chi connectivity index (χ2n) is 6.84. The van der Waals surface area contributed by atoms with Crippen LogP contribution in [0.1, 0.15) is 26.3 Å². The fourth-order valence-electron chi connectivity index (χ4n) is 2.55. The third-order valence-electron chi connectivity index (χ3n) is 4.02. The first-order chi connectivity index (χ1) is 11.2. The van der Waals surface area contributed by atoms with Gasteiger partial charge in [0.05, 0.1) is 11.4 Å². The molecule has 7 nitrogen and oxygen atoms in total. The fraction of sp³-hybridized carbons (Fsp3) is 0.500. The van der Waals surface area contributed by atoms with Gasteiger partial charge in [-0.05, 0) is 17.0 Å². The zero-order valence-electron chi connectivity index (χ0n) is 14.1. The van der Waals surface area contributed by atoms with Crippen LogP contribution < -0.4 is 10.6 Å². The molecule has 0 aliphatic carbocycles. The van der Waals surface area contributed by atoms with Gasteiger partial charge >= 0.3 is 6.03 Å². The number of carbonyl (C=O) groups excluding carboxylic acids is 2. The van der Waals surface area contributed by atoms with Crippen LogP contribution in [-0.2, 0) is 21.4 Å². The van der Waals surface area contributed by atoms with E-state index in [9.17, 15) is 18.0 Å². The third-order valence-corrected chi connectivity index (χ3v) is 5.93. The van der Waals surface area contributed by atoms with Gasteiger partial charge in [0, 0.05) is 19.1 Å². The Hall–Kier alpha value is -1.93. The molecule has 24 heavy (non-hydrogen) atoms. The van der Waals surface area contributed by atoms with Gasteiger partial charge in [0.1, 0.15) is 6.29 Å². The zero-order chi connectivity index (χ0) is 18.0. The molecule has 2 rings (SSSR count). The molecule has 0 aromatic heterocycles. The SMILES string of the molecule is CC(C)(C)C(CN1Cc2ccccc2S1(=O)=O)NC(=O)NCC=O. The van der Waals surface area contributed by atoms with Crippen molar-refractivity contribution in [3.8, 4) is 0 Å². The van der Waals surface area contributed by atoms with Crippen LogP contribution in [-0.4, -0.2) is 44.2 Å². The second kappa shape index (κ2) is 6.90. The monoisotopic (exact) mass is 353 g/mol. The van der Waals surface area contributed by atoms with Gasteiger partial charge < -0.3 is 15.4 Å². The van der Waals surface area contributed by atoms with Gasteiger partial charge in [-0.1, -0.05) is 39.0 Å². The molecular weight excluding hydrogens is 330 g/mol. The van der Waals surface area contributed by atoms with E-state index in [1.54, 1.807) is 18.2 Å². The number of amides is 2. The minimum absolute atomic E-state index is 0.0872. The summed E-state index contributed by atoms with van der Waals surface area (Å²) >= 11 is 0. The molecule has 0 saturated carbocycles. The predicted octanol–water partition coefficient (Wildman–Crippen LogP) is 1.10. The van der Waals surface area contributed by atoms with Crippen molar-refractivity contribution >= 4 is 22.3 Å². The van der Waals surface area contributed by atoms with Gasteiger partial charge in [-0.15, -0.1) is 0 Å². The largest absolute Gasteiger partial charge is 0.334 e. The lowest BCUT2D eigenvalue weighted by Gasteiger charge is -2.34. The molecule has 0 spiro atoms. The quantitative estimate of drug-likeness (QED) is 0.775. The van der Waals surface area contributed by atoms with Gasteiger partial charge in [0.2, 0.25) is 10.0 Å². The molecule has 1 atom stereocenters. The predicted molar refractivity (Wildman–Crippen MR) is 89.9 cm³/mol. The Morgan fingerprint density at radius 3 is 2.58 bits per heavy atom. The molecular formula is C16H23N3O4S. The van der Waals surface area contributed by atoms with Crippen LogP contribution in [0.25, 0.3) is 0 Å². The van der Waals surface area contributed by atoms with Crippen molar-refractivity contribution in [1.82, 2.24) is 14.9 Å². The average molecular weight is 353 g/mol. The highest BCUT2D eigenvalue weighted by Gasteiger charge is 2.38. The number of nitrogens with one attached hydrogen (secondary N) is 2. The standard InChI is InChI=1S/C16H23N3O4S/c1-16(2,3)14(18-15(21)17-8-9-20)11-19-10-12-6-4-5-7-13(12)24(19,22)23/h4-7,9,14H,8,10-11H2,1-3H3,(H2,17,18,21). The van der Waals surface area contributed by atoms with Crippen molar-refractivity contribution in [3.63, 3.8) is 0 Å². The van der Waals surface area contributed by atoms with E-state index in [-0.39, 0.29) is 18.5 Å². The lowest BCUT2D eigenvalue weighted by molar-refractivity contribution is -0.107. The molecule has 2 N–H and O–H groups in total. The molecule has 0 bridgehead atoms. The summed E-state index contributed by atoms with van der Waals surface area (Å²) in [5, 5.41) is 5.18. The first-order valence-corrected chi connectivity index (χ1v) is 9.16. The minimum atomic E-state index is -3.55. The molecule has 0 saturated heterocycles. The molecule has 0 radical (unpaired) electrons. The summed E-state index contributed by atoms with van der Waals surface area (Å²) in [6.45, 7) is 6.14. The third kappa shape index (κ3) is 3.93. The van der Waals surface area contributed by atoms with Crippen LogP contribution in [0.4, 0.5) is 4.79 Å². The molecule has 2 amide bonds. The number of rotatable bonds is 5. The normalized spacial score (nSPS) is 17.8. The van der Waals surface area contributed by atoms with Gasteiger partial charge in [-0.3, -0.25) is 0 Å². The van der Waals surface area contributed by atoms with Crippen molar-refractivity contribution in [2.24, 2.45) is 5.41 Å². The van der Waals surface area contributed by atoms with E-state index in [2.05, 4.69) is 10.6 Å². The van der Waals surface area contributed by atoms with E-state index < -0.39 is 22.1 Å². The summed E-state index contributed by atoms with van der Waals surface area (Å²) in [4.78, 5) is 22.5. The van der Waals surface area contributed by atoms with E-state index in [1.165, 1.54) is 4.31 Å². The Labute approximate surface area is 142 Å². The smallest absolute Gasteiger partial charge is 0.315 e. The Kier molecular flexibility index (Phi) is 5.29. The molecule has 8 heteroatoms. The van der Waals surface area contributed by atoms with Crippen LogP contribution in [0.15, 0.2) is 29.2 Å². The highest BCUT2D eigenvalue weighted by molar-refractivity contribution is 7.89. The number of carbonyl (C=O) groups is 2. The van der Waals surface area contributed by atoms with E-state index in [0.717, 1.165) is 5.56 Å². The van der Waals surface area contributed by atoms with Crippen LogP contribution in [0.3, 0.4) is 0 Å². The summed E-state index contributed by atoms with van der Waals surface area (Å²) in [5.74, 6) is 0. The molecule has 0 fully saturated rings. The zero-order valence-corrected chi connectivity index (χ0v) is 14.9. The molecule has 1 aromatic carbocycles. The summed E-state index contributed by atoms with van der Waals surface area (Å²) in [6.07, 6.45) is 0.591. The number of hydrogen-bond donors (Lipinski definition) is 2. The van der Waals surface area contributed by atoms with Crippen LogP contribution in [0.2, 0.25) is 0 Å². The van der Waals surface area contributed by atoms with Crippen molar-refractivity contribution < 1.29 is 18.0 Å². The van der Waals surface area contributed by atoms with E-state index in [1.807, 2.05) is 26.8 Å². The summed E-state index contributed by atoms with van der Waals surface area (Å²) in [5.41, 5.74) is 0.401.